The molecule has 1 fully saturated rings. The van der Waals surface area contributed by atoms with Crippen LogP contribution in [0.15, 0.2) is 42.5 Å². The van der Waals surface area contributed by atoms with Crippen molar-refractivity contribution in [3.63, 3.8) is 0 Å². The lowest BCUT2D eigenvalue weighted by Crippen LogP contribution is -2.35. The molecule has 6 heteroatoms. The predicted octanol–water partition coefficient (Wildman–Crippen LogP) is 3.10. The van der Waals surface area contributed by atoms with Crippen molar-refractivity contribution < 1.29 is 19.0 Å². The van der Waals surface area contributed by atoms with Gasteiger partial charge in [0.15, 0.2) is 0 Å². The fourth-order valence-electron chi connectivity index (χ4n) is 2.68. The summed E-state index contributed by atoms with van der Waals surface area (Å²) in [4.78, 5) is 13.5. The van der Waals surface area contributed by atoms with E-state index in [1.54, 1.807) is 0 Å². The van der Waals surface area contributed by atoms with Gasteiger partial charge in [-0.15, -0.1) is 0 Å². The van der Waals surface area contributed by atoms with E-state index in [4.69, 9.17) is 4.74 Å². The Morgan fingerprint density at radius 3 is 2.54 bits per heavy atom. The van der Waals surface area contributed by atoms with Crippen molar-refractivity contribution in [3.8, 4) is 0 Å². The molecule has 2 N–H and O–H groups in total. The molecule has 0 bridgehead atoms. The third kappa shape index (κ3) is 3.90. The van der Waals surface area contributed by atoms with Crippen molar-refractivity contribution >= 4 is 17.3 Å². The van der Waals surface area contributed by atoms with Crippen LogP contribution in [0.2, 0.25) is 0 Å². The second kappa shape index (κ2) is 7.42. The van der Waals surface area contributed by atoms with Gasteiger partial charge in [-0.1, -0.05) is 18.2 Å². The maximum atomic E-state index is 13.9. The van der Waals surface area contributed by atoms with Crippen LogP contribution in [0.1, 0.15) is 15.9 Å². The van der Waals surface area contributed by atoms with Gasteiger partial charge in [0.1, 0.15) is 5.82 Å². The number of carboxylic acids is 1. The minimum absolute atomic E-state index is 0.0223. The number of nitrogens with zero attached hydrogens (tertiary/aromatic N) is 1. The molecule has 2 aromatic rings. The lowest BCUT2D eigenvalue weighted by atomic mass is 10.1. The van der Waals surface area contributed by atoms with E-state index in [0.29, 0.717) is 5.69 Å². The maximum Gasteiger partial charge on any atom is 0.337 e. The van der Waals surface area contributed by atoms with E-state index in [1.165, 1.54) is 18.2 Å². The summed E-state index contributed by atoms with van der Waals surface area (Å²) < 4.78 is 19.3. The summed E-state index contributed by atoms with van der Waals surface area (Å²) in [5.74, 6) is -1.76. The molecule has 1 heterocycles. The first-order chi connectivity index (χ1) is 11.6. The Bertz CT molecular complexity index is 713. The number of carboxylic acid groups (broad SMARTS) is 1. The molecule has 0 saturated carbocycles. The summed E-state index contributed by atoms with van der Waals surface area (Å²) in [6.07, 6.45) is 0. The second-order valence-corrected chi connectivity index (χ2v) is 5.68. The van der Waals surface area contributed by atoms with E-state index < -0.39 is 11.8 Å². The van der Waals surface area contributed by atoms with Crippen LogP contribution in [-0.2, 0) is 11.3 Å². The highest BCUT2D eigenvalue weighted by Gasteiger charge is 2.14. The first-order valence-corrected chi connectivity index (χ1v) is 7.81. The zero-order chi connectivity index (χ0) is 16.9. The highest BCUT2D eigenvalue weighted by atomic mass is 19.1. The van der Waals surface area contributed by atoms with Gasteiger partial charge in [-0.2, -0.15) is 0 Å². The van der Waals surface area contributed by atoms with Crippen molar-refractivity contribution in [2.45, 2.75) is 6.54 Å². The molecule has 0 aliphatic carbocycles. The number of benzene rings is 2. The molecule has 126 valence electrons. The van der Waals surface area contributed by atoms with Crippen molar-refractivity contribution in [1.82, 2.24) is 4.90 Å². The Labute approximate surface area is 139 Å². The fraction of sp³-hybridized carbons (Fsp3) is 0.278. The number of ether oxygens (including phenoxy) is 1. The molecule has 0 unspecified atom stereocenters. The van der Waals surface area contributed by atoms with Crippen LogP contribution in [0.3, 0.4) is 0 Å². The van der Waals surface area contributed by atoms with Crippen LogP contribution >= 0.6 is 0 Å². The van der Waals surface area contributed by atoms with Gasteiger partial charge in [0.25, 0.3) is 0 Å². The number of morpholine rings is 1. The Morgan fingerprint density at radius 2 is 1.88 bits per heavy atom. The molecule has 0 amide bonds. The molecule has 0 radical (unpaired) electrons. The molecule has 1 aliphatic heterocycles. The first kappa shape index (κ1) is 16.4. The summed E-state index contributed by atoms with van der Waals surface area (Å²) in [7, 11) is 0. The third-order valence-corrected chi connectivity index (χ3v) is 3.98. The van der Waals surface area contributed by atoms with Gasteiger partial charge in [-0.3, -0.25) is 4.90 Å². The van der Waals surface area contributed by atoms with Gasteiger partial charge in [-0.05, 0) is 29.8 Å². The minimum atomic E-state index is -1.17. The molecule has 0 spiro atoms. The van der Waals surface area contributed by atoms with Crippen LogP contribution in [0.25, 0.3) is 0 Å². The van der Waals surface area contributed by atoms with Crippen LogP contribution < -0.4 is 5.32 Å². The Kier molecular flexibility index (Phi) is 5.08. The number of hydrogen-bond acceptors (Lipinski definition) is 4. The molecular weight excluding hydrogens is 311 g/mol. The van der Waals surface area contributed by atoms with E-state index in [-0.39, 0.29) is 11.3 Å². The van der Waals surface area contributed by atoms with Crippen molar-refractivity contribution in [1.29, 1.82) is 0 Å². The molecule has 0 aromatic heterocycles. The van der Waals surface area contributed by atoms with E-state index in [1.807, 2.05) is 24.3 Å². The Morgan fingerprint density at radius 1 is 1.17 bits per heavy atom. The van der Waals surface area contributed by atoms with E-state index in [0.717, 1.165) is 38.4 Å². The maximum absolute atomic E-state index is 13.9. The zero-order valence-electron chi connectivity index (χ0n) is 13.2. The van der Waals surface area contributed by atoms with Gasteiger partial charge in [-0.25, -0.2) is 9.18 Å². The normalized spacial score (nSPS) is 15.2. The quantitative estimate of drug-likeness (QED) is 0.882. The van der Waals surface area contributed by atoms with Crippen LogP contribution in [0.5, 0.6) is 0 Å². The van der Waals surface area contributed by atoms with Crippen molar-refractivity contribution in [2.75, 3.05) is 31.6 Å². The third-order valence-electron chi connectivity index (χ3n) is 3.98. The minimum Gasteiger partial charge on any atom is -0.478 e. The topological polar surface area (TPSA) is 61.8 Å². The van der Waals surface area contributed by atoms with Gasteiger partial charge in [0.05, 0.1) is 24.5 Å². The summed E-state index contributed by atoms with van der Waals surface area (Å²) in [5.41, 5.74) is 1.68. The van der Waals surface area contributed by atoms with Gasteiger partial charge in [0, 0.05) is 25.3 Å². The Hall–Kier alpha value is -2.44. The summed E-state index contributed by atoms with van der Waals surface area (Å²) in [6.45, 7) is 4.17. The summed E-state index contributed by atoms with van der Waals surface area (Å²) in [6, 6.07) is 11.6. The summed E-state index contributed by atoms with van der Waals surface area (Å²) in [5, 5.41) is 12.0. The summed E-state index contributed by atoms with van der Waals surface area (Å²) >= 11 is 0. The lowest BCUT2D eigenvalue weighted by molar-refractivity contribution is 0.0342. The molecule has 3 rings (SSSR count). The average molecular weight is 330 g/mol. The number of aromatic carboxylic acids is 1. The van der Waals surface area contributed by atoms with E-state index in [9.17, 15) is 14.3 Å². The smallest absolute Gasteiger partial charge is 0.337 e. The molecular formula is C18H19FN2O3. The number of carbonyl (C=O) groups is 1. The van der Waals surface area contributed by atoms with Gasteiger partial charge in [0.2, 0.25) is 0 Å². The van der Waals surface area contributed by atoms with Crippen LogP contribution in [0.4, 0.5) is 15.8 Å². The standard InChI is InChI=1S/C18H19FN2O3/c19-16-3-1-2-15(18(22)23)17(16)20-14-6-4-13(5-7-14)12-21-8-10-24-11-9-21/h1-7,20H,8-12H2,(H,22,23). The molecule has 1 aliphatic rings. The van der Waals surface area contributed by atoms with Crippen molar-refractivity contribution in [2.24, 2.45) is 0 Å². The van der Waals surface area contributed by atoms with E-state index in [2.05, 4.69) is 10.2 Å². The fourth-order valence-corrected chi connectivity index (χ4v) is 2.68. The second-order valence-electron chi connectivity index (χ2n) is 5.68. The number of rotatable bonds is 5. The molecule has 5 nitrogen and oxygen atoms in total. The number of nitrogens with one attached hydrogen (secondary N) is 1. The van der Waals surface area contributed by atoms with Gasteiger partial charge < -0.3 is 15.2 Å². The SMILES string of the molecule is O=C(O)c1cccc(F)c1Nc1ccc(CN2CCOCC2)cc1. The molecule has 1 saturated heterocycles. The average Bonchev–Trinajstić information content (AvgIpc) is 2.59. The molecule has 24 heavy (non-hydrogen) atoms. The van der Waals surface area contributed by atoms with Crippen molar-refractivity contribution in [3.05, 3.63) is 59.4 Å². The van der Waals surface area contributed by atoms with Crippen LogP contribution in [0, 0.1) is 5.82 Å². The van der Waals surface area contributed by atoms with Gasteiger partial charge >= 0.3 is 5.97 Å². The number of hydrogen-bond donors (Lipinski definition) is 2. The highest BCUT2D eigenvalue weighted by Crippen LogP contribution is 2.25. The predicted molar refractivity (Wildman–Crippen MR) is 89.2 cm³/mol. The monoisotopic (exact) mass is 330 g/mol. The largest absolute Gasteiger partial charge is 0.478 e. The first-order valence-electron chi connectivity index (χ1n) is 7.81. The van der Waals surface area contributed by atoms with Crippen LogP contribution in [-0.4, -0.2) is 42.3 Å². The zero-order valence-corrected chi connectivity index (χ0v) is 13.2. The van der Waals surface area contributed by atoms with E-state index >= 15 is 0 Å². The molecule has 0 atom stereocenters. The number of anilines is 2. The number of halogens is 1. The molecule has 2 aromatic carbocycles. The lowest BCUT2D eigenvalue weighted by Gasteiger charge is -2.26. The Balaban J connectivity index is 1.71. The highest BCUT2D eigenvalue weighted by molar-refractivity contribution is 5.95. The number of para-hydroxylation sites is 1.